The molecule has 0 aliphatic heterocycles. The number of nitrogens with zero attached hydrogens (tertiary/aromatic N) is 1. The summed E-state index contributed by atoms with van der Waals surface area (Å²) in [5.41, 5.74) is 4.52. The van der Waals surface area contributed by atoms with Gasteiger partial charge in [-0.1, -0.05) is 18.0 Å². The summed E-state index contributed by atoms with van der Waals surface area (Å²) in [5, 5.41) is 14.3. The first-order valence-corrected chi connectivity index (χ1v) is 5.74. The van der Waals surface area contributed by atoms with Gasteiger partial charge in [0.25, 0.3) is 0 Å². The van der Waals surface area contributed by atoms with Crippen molar-refractivity contribution in [2.45, 2.75) is 39.5 Å². The van der Waals surface area contributed by atoms with Gasteiger partial charge < -0.3 is 16.3 Å². The van der Waals surface area contributed by atoms with Gasteiger partial charge in [0, 0.05) is 6.54 Å². The Morgan fingerprint density at radius 3 is 2.56 bits per heavy atom. The molecule has 0 spiro atoms. The molecule has 92 valence electrons. The van der Waals surface area contributed by atoms with Crippen LogP contribution in [0.25, 0.3) is 0 Å². The molecule has 0 aromatic carbocycles. The molecule has 0 bridgehead atoms. The SMILES string of the molecule is CC(C)(C(=O)NCC1CCCC1)C(N)=NO. The summed E-state index contributed by atoms with van der Waals surface area (Å²) in [7, 11) is 0. The minimum atomic E-state index is -0.951. The van der Waals surface area contributed by atoms with Gasteiger partial charge in [0.1, 0.15) is 5.41 Å². The highest BCUT2D eigenvalue weighted by molar-refractivity contribution is 6.05. The molecule has 0 aromatic rings. The number of hydrogen-bond donors (Lipinski definition) is 3. The number of oxime groups is 1. The topological polar surface area (TPSA) is 87.7 Å². The minimum absolute atomic E-state index is 0.0589. The van der Waals surface area contributed by atoms with E-state index in [1.807, 2.05) is 0 Å². The molecule has 1 rings (SSSR count). The number of amidine groups is 1. The highest BCUT2D eigenvalue weighted by atomic mass is 16.4. The fourth-order valence-corrected chi connectivity index (χ4v) is 1.91. The summed E-state index contributed by atoms with van der Waals surface area (Å²) >= 11 is 0. The van der Waals surface area contributed by atoms with Gasteiger partial charge >= 0.3 is 0 Å². The highest BCUT2D eigenvalue weighted by Crippen LogP contribution is 2.24. The second kappa shape index (κ2) is 5.18. The molecule has 1 saturated carbocycles. The van der Waals surface area contributed by atoms with Crippen LogP contribution in [0.4, 0.5) is 0 Å². The van der Waals surface area contributed by atoms with Crippen molar-refractivity contribution >= 4 is 11.7 Å². The molecule has 1 aliphatic carbocycles. The summed E-state index contributed by atoms with van der Waals surface area (Å²) in [6, 6.07) is 0. The van der Waals surface area contributed by atoms with Crippen molar-refractivity contribution in [3.8, 4) is 0 Å². The van der Waals surface area contributed by atoms with Crippen LogP contribution in [0.1, 0.15) is 39.5 Å². The maximum atomic E-state index is 11.8. The predicted molar refractivity (Wildman–Crippen MR) is 62.2 cm³/mol. The quantitative estimate of drug-likeness (QED) is 0.290. The van der Waals surface area contributed by atoms with Crippen LogP contribution in [0, 0.1) is 11.3 Å². The molecule has 5 nitrogen and oxygen atoms in total. The van der Waals surface area contributed by atoms with Crippen LogP contribution in [0.3, 0.4) is 0 Å². The fourth-order valence-electron chi connectivity index (χ4n) is 1.91. The molecule has 5 heteroatoms. The van der Waals surface area contributed by atoms with E-state index in [1.54, 1.807) is 13.8 Å². The van der Waals surface area contributed by atoms with Crippen molar-refractivity contribution in [1.29, 1.82) is 0 Å². The van der Waals surface area contributed by atoms with E-state index < -0.39 is 5.41 Å². The predicted octanol–water partition coefficient (Wildman–Crippen LogP) is 1.07. The van der Waals surface area contributed by atoms with Gasteiger partial charge in [-0.25, -0.2) is 0 Å². The number of nitrogens with two attached hydrogens (primary N) is 1. The molecular weight excluding hydrogens is 206 g/mol. The summed E-state index contributed by atoms with van der Waals surface area (Å²) in [5.74, 6) is 0.346. The number of rotatable bonds is 4. The average Bonchev–Trinajstić information content (AvgIpc) is 2.77. The zero-order chi connectivity index (χ0) is 12.2. The Kier molecular flexibility index (Phi) is 4.15. The van der Waals surface area contributed by atoms with Crippen LogP contribution >= 0.6 is 0 Å². The van der Waals surface area contributed by atoms with E-state index in [-0.39, 0.29) is 11.7 Å². The summed E-state index contributed by atoms with van der Waals surface area (Å²) in [6.07, 6.45) is 4.88. The lowest BCUT2D eigenvalue weighted by Gasteiger charge is -2.22. The smallest absolute Gasteiger partial charge is 0.233 e. The van der Waals surface area contributed by atoms with Crippen molar-refractivity contribution < 1.29 is 10.0 Å². The van der Waals surface area contributed by atoms with Crippen molar-refractivity contribution in [2.24, 2.45) is 22.2 Å². The monoisotopic (exact) mass is 227 g/mol. The van der Waals surface area contributed by atoms with Gasteiger partial charge in [0.2, 0.25) is 5.91 Å². The lowest BCUT2D eigenvalue weighted by Crippen LogP contribution is -2.46. The van der Waals surface area contributed by atoms with Gasteiger partial charge in [0.05, 0.1) is 0 Å². The van der Waals surface area contributed by atoms with E-state index in [0.717, 1.165) is 0 Å². The average molecular weight is 227 g/mol. The first kappa shape index (κ1) is 12.8. The molecule has 0 radical (unpaired) electrons. The van der Waals surface area contributed by atoms with Crippen molar-refractivity contribution in [3.63, 3.8) is 0 Å². The molecule has 1 aliphatic rings. The van der Waals surface area contributed by atoms with E-state index in [4.69, 9.17) is 10.9 Å². The number of hydrogen-bond acceptors (Lipinski definition) is 3. The second-order valence-electron chi connectivity index (χ2n) is 4.97. The standard InChI is InChI=1S/C11H21N3O2/c1-11(2,9(12)14-16)10(15)13-7-8-5-3-4-6-8/h8,16H,3-7H2,1-2H3,(H2,12,14)(H,13,15). The van der Waals surface area contributed by atoms with Crippen LogP contribution in [0.5, 0.6) is 0 Å². The Hall–Kier alpha value is -1.26. The Morgan fingerprint density at radius 2 is 2.06 bits per heavy atom. The van der Waals surface area contributed by atoms with Gasteiger partial charge in [-0.2, -0.15) is 0 Å². The lowest BCUT2D eigenvalue weighted by molar-refractivity contribution is -0.126. The molecule has 0 unspecified atom stereocenters. The first-order valence-electron chi connectivity index (χ1n) is 5.74. The minimum Gasteiger partial charge on any atom is -0.409 e. The summed E-state index contributed by atoms with van der Waals surface area (Å²) < 4.78 is 0. The third-order valence-electron chi connectivity index (χ3n) is 3.34. The zero-order valence-electron chi connectivity index (χ0n) is 9.99. The van der Waals surface area contributed by atoms with E-state index in [0.29, 0.717) is 12.5 Å². The fraction of sp³-hybridized carbons (Fsp3) is 0.818. The van der Waals surface area contributed by atoms with Crippen LogP contribution in [0.15, 0.2) is 5.16 Å². The number of carbonyl (C=O) groups excluding carboxylic acids is 1. The largest absolute Gasteiger partial charge is 0.409 e. The maximum Gasteiger partial charge on any atom is 0.233 e. The van der Waals surface area contributed by atoms with Gasteiger partial charge in [0.15, 0.2) is 5.84 Å². The molecule has 0 aromatic heterocycles. The van der Waals surface area contributed by atoms with Gasteiger partial charge in [-0.3, -0.25) is 4.79 Å². The first-order chi connectivity index (χ1) is 7.48. The van der Waals surface area contributed by atoms with Crippen molar-refractivity contribution in [1.82, 2.24) is 5.32 Å². The third kappa shape index (κ3) is 2.87. The molecule has 1 amide bonds. The molecule has 4 N–H and O–H groups in total. The lowest BCUT2D eigenvalue weighted by atomic mass is 9.90. The second-order valence-corrected chi connectivity index (χ2v) is 4.97. The Balaban J connectivity index is 2.44. The summed E-state index contributed by atoms with van der Waals surface area (Å²) in [6.45, 7) is 3.99. The van der Waals surface area contributed by atoms with Crippen molar-refractivity contribution in [2.75, 3.05) is 6.54 Å². The molecule has 0 saturated heterocycles. The van der Waals surface area contributed by atoms with E-state index >= 15 is 0 Å². The van der Waals surface area contributed by atoms with Gasteiger partial charge in [-0.05, 0) is 32.6 Å². The Bertz CT molecular complexity index is 281. The van der Waals surface area contributed by atoms with E-state index in [1.165, 1.54) is 25.7 Å². The van der Waals surface area contributed by atoms with Crippen LogP contribution < -0.4 is 11.1 Å². The molecule has 16 heavy (non-hydrogen) atoms. The van der Waals surface area contributed by atoms with E-state index in [9.17, 15) is 4.79 Å². The van der Waals surface area contributed by atoms with Crippen LogP contribution in [-0.4, -0.2) is 23.5 Å². The third-order valence-corrected chi connectivity index (χ3v) is 3.34. The molecule has 0 atom stereocenters. The Morgan fingerprint density at radius 1 is 1.50 bits per heavy atom. The van der Waals surface area contributed by atoms with Gasteiger partial charge in [-0.15, -0.1) is 0 Å². The number of carbonyl (C=O) groups is 1. The normalized spacial score (nSPS) is 18.8. The maximum absolute atomic E-state index is 11.8. The Labute approximate surface area is 96.1 Å². The van der Waals surface area contributed by atoms with E-state index in [2.05, 4.69) is 10.5 Å². The molecule has 0 heterocycles. The van der Waals surface area contributed by atoms with Crippen LogP contribution in [-0.2, 0) is 4.79 Å². The number of nitrogens with one attached hydrogen (secondary N) is 1. The number of amides is 1. The zero-order valence-corrected chi connectivity index (χ0v) is 9.99. The molecular formula is C11H21N3O2. The molecule has 1 fully saturated rings. The summed E-state index contributed by atoms with van der Waals surface area (Å²) in [4.78, 5) is 11.8. The highest BCUT2D eigenvalue weighted by Gasteiger charge is 2.33. The van der Waals surface area contributed by atoms with Crippen molar-refractivity contribution in [3.05, 3.63) is 0 Å². The van der Waals surface area contributed by atoms with Crippen LogP contribution in [0.2, 0.25) is 0 Å².